The lowest BCUT2D eigenvalue weighted by Crippen LogP contribution is -2.23. The second-order valence-corrected chi connectivity index (χ2v) is 7.13. The lowest BCUT2D eigenvalue weighted by Gasteiger charge is -2.11. The first-order chi connectivity index (χ1) is 15.3. The first-order valence-electron chi connectivity index (χ1n) is 9.70. The van der Waals surface area contributed by atoms with Crippen LogP contribution in [-0.4, -0.2) is 10.9 Å². The normalized spacial score (nSPS) is 11.2. The molecule has 0 unspecified atom stereocenters. The minimum absolute atomic E-state index is 0.179. The summed E-state index contributed by atoms with van der Waals surface area (Å²) in [6.45, 7) is 0.179. The van der Waals surface area contributed by atoms with E-state index in [9.17, 15) is 18.0 Å². The van der Waals surface area contributed by atoms with Gasteiger partial charge in [0.25, 0.3) is 5.91 Å². The van der Waals surface area contributed by atoms with Gasteiger partial charge in [0.05, 0.1) is 17.8 Å². The number of carbonyl (C=O) groups excluding carboxylic acids is 1. The molecule has 0 spiro atoms. The summed E-state index contributed by atoms with van der Waals surface area (Å²) in [5.41, 5.74) is 2.03. The van der Waals surface area contributed by atoms with E-state index in [2.05, 4.69) is 10.3 Å². The molecule has 0 atom stereocenters. The SMILES string of the molecule is N#Cc1cccc(CNC(=O)c2ccc3c(-c4ccc(C(F)(F)F)cc4)cccc3c2)n1. The monoisotopic (exact) mass is 431 g/mol. The Bertz CT molecular complexity index is 1340. The van der Waals surface area contributed by atoms with Crippen LogP contribution in [0.5, 0.6) is 0 Å². The number of amides is 1. The number of hydrogen-bond acceptors (Lipinski definition) is 3. The van der Waals surface area contributed by atoms with Gasteiger partial charge < -0.3 is 5.32 Å². The van der Waals surface area contributed by atoms with Crippen LogP contribution in [0.25, 0.3) is 21.9 Å². The van der Waals surface area contributed by atoms with Gasteiger partial charge in [0.2, 0.25) is 0 Å². The molecule has 7 heteroatoms. The Balaban J connectivity index is 1.57. The van der Waals surface area contributed by atoms with Gasteiger partial charge in [-0.3, -0.25) is 4.79 Å². The fraction of sp³-hybridized carbons (Fsp3) is 0.0800. The molecule has 0 saturated carbocycles. The summed E-state index contributed by atoms with van der Waals surface area (Å²) in [6, 6.07) is 22.6. The van der Waals surface area contributed by atoms with Crippen molar-refractivity contribution in [3.63, 3.8) is 0 Å². The summed E-state index contributed by atoms with van der Waals surface area (Å²) in [6.07, 6.45) is -4.38. The maximum Gasteiger partial charge on any atom is 0.416 e. The highest BCUT2D eigenvalue weighted by atomic mass is 19.4. The topological polar surface area (TPSA) is 65.8 Å². The van der Waals surface area contributed by atoms with Crippen molar-refractivity contribution in [2.45, 2.75) is 12.7 Å². The van der Waals surface area contributed by atoms with Gasteiger partial charge in [-0.2, -0.15) is 18.4 Å². The first kappa shape index (κ1) is 21.1. The maximum atomic E-state index is 12.8. The zero-order valence-electron chi connectivity index (χ0n) is 16.6. The van der Waals surface area contributed by atoms with E-state index in [1.54, 1.807) is 42.5 Å². The molecule has 0 fully saturated rings. The van der Waals surface area contributed by atoms with Gasteiger partial charge in [-0.15, -0.1) is 0 Å². The number of rotatable bonds is 4. The third kappa shape index (κ3) is 4.44. The second-order valence-electron chi connectivity index (χ2n) is 7.13. The summed E-state index contributed by atoms with van der Waals surface area (Å²) in [7, 11) is 0. The van der Waals surface area contributed by atoms with E-state index < -0.39 is 11.7 Å². The molecule has 1 amide bonds. The average molecular weight is 431 g/mol. The zero-order valence-corrected chi connectivity index (χ0v) is 16.6. The number of hydrogen-bond donors (Lipinski definition) is 1. The minimum atomic E-state index is -4.38. The number of carbonyl (C=O) groups is 1. The smallest absolute Gasteiger partial charge is 0.346 e. The van der Waals surface area contributed by atoms with E-state index in [0.717, 1.165) is 28.5 Å². The Kier molecular flexibility index (Phi) is 5.61. The van der Waals surface area contributed by atoms with Gasteiger partial charge in [0.1, 0.15) is 11.8 Å². The maximum absolute atomic E-state index is 12.8. The molecular weight excluding hydrogens is 415 g/mol. The molecule has 4 aromatic rings. The van der Waals surface area contributed by atoms with Crippen molar-refractivity contribution in [2.24, 2.45) is 0 Å². The molecule has 0 radical (unpaired) electrons. The van der Waals surface area contributed by atoms with Gasteiger partial charge in [-0.25, -0.2) is 4.98 Å². The molecule has 3 aromatic carbocycles. The lowest BCUT2D eigenvalue weighted by molar-refractivity contribution is -0.137. The molecule has 4 rings (SSSR count). The van der Waals surface area contributed by atoms with Gasteiger partial charge in [0.15, 0.2) is 0 Å². The van der Waals surface area contributed by atoms with Crippen molar-refractivity contribution in [2.75, 3.05) is 0 Å². The number of fused-ring (bicyclic) bond motifs is 1. The van der Waals surface area contributed by atoms with Crippen molar-refractivity contribution in [3.8, 4) is 17.2 Å². The number of pyridine rings is 1. The number of halogens is 3. The number of alkyl halides is 3. The first-order valence-corrected chi connectivity index (χ1v) is 9.70. The quantitative estimate of drug-likeness (QED) is 0.449. The second kappa shape index (κ2) is 8.52. The van der Waals surface area contributed by atoms with Gasteiger partial charge >= 0.3 is 6.18 Å². The molecule has 0 saturated heterocycles. The molecule has 1 aromatic heterocycles. The summed E-state index contributed by atoms with van der Waals surface area (Å²) >= 11 is 0. The van der Waals surface area contributed by atoms with Crippen LogP contribution in [-0.2, 0) is 12.7 Å². The molecule has 0 aliphatic heterocycles. The number of aromatic nitrogens is 1. The Labute approximate surface area is 182 Å². The average Bonchev–Trinajstić information content (AvgIpc) is 2.81. The molecule has 1 heterocycles. The third-order valence-corrected chi connectivity index (χ3v) is 5.02. The molecule has 1 N–H and O–H groups in total. The molecule has 158 valence electrons. The van der Waals surface area contributed by atoms with Crippen LogP contribution in [0.2, 0.25) is 0 Å². The van der Waals surface area contributed by atoms with Crippen molar-refractivity contribution in [1.82, 2.24) is 10.3 Å². The number of nitriles is 1. The minimum Gasteiger partial charge on any atom is -0.346 e. The van der Waals surface area contributed by atoms with E-state index >= 15 is 0 Å². The predicted molar refractivity (Wildman–Crippen MR) is 115 cm³/mol. The van der Waals surface area contributed by atoms with Crippen LogP contribution in [0.3, 0.4) is 0 Å². The fourth-order valence-corrected chi connectivity index (χ4v) is 3.43. The van der Waals surface area contributed by atoms with Gasteiger partial charge in [-0.1, -0.05) is 42.5 Å². The molecule has 0 bridgehead atoms. The fourth-order valence-electron chi connectivity index (χ4n) is 3.43. The molecule has 0 aliphatic rings. The zero-order chi connectivity index (χ0) is 22.7. The molecule has 0 aliphatic carbocycles. The van der Waals surface area contributed by atoms with Crippen LogP contribution in [0.1, 0.15) is 27.3 Å². The van der Waals surface area contributed by atoms with Crippen LogP contribution in [0.4, 0.5) is 13.2 Å². The number of nitrogens with zero attached hydrogens (tertiary/aromatic N) is 2. The van der Waals surface area contributed by atoms with Crippen molar-refractivity contribution < 1.29 is 18.0 Å². The summed E-state index contributed by atoms with van der Waals surface area (Å²) in [5, 5.41) is 13.3. The standard InChI is InChI=1S/C25H16F3N3O/c26-25(27,28)19-10-7-16(8-11-19)22-6-1-3-17-13-18(9-12-23(17)22)24(32)30-15-21-5-2-4-20(14-29)31-21/h1-13H,15H2,(H,30,32). The molecule has 32 heavy (non-hydrogen) atoms. The Hall–Kier alpha value is -4.18. The number of benzene rings is 3. The Morgan fingerprint density at radius 1 is 0.969 bits per heavy atom. The van der Waals surface area contributed by atoms with E-state index in [-0.39, 0.29) is 18.1 Å². The van der Waals surface area contributed by atoms with E-state index in [0.29, 0.717) is 16.8 Å². The Morgan fingerprint density at radius 3 is 2.44 bits per heavy atom. The van der Waals surface area contributed by atoms with E-state index in [1.165, 1.54) is 12.1 Å². The van der Waals surface area contributed by atoms with Gasteiger partial charge in [0, 0.05) is 5.56 Å². The lowest BCUT2D eigenvalue weighted by atomic mass is 9.96. The van der Waals surface area contributed by atoms with E-state index in [4.69, 9.17) is 5.26 Å². The third-order valence-electron chi connectivity index (χ3n) is 5.02. The van der Waals surface area contributed by atoms with Crippen molar-refractivity contribution >= 4 is 16.7 Å². The van der Waals surface area contributed by atoms with Crippen LogP contribution in [0.15, 0.2) is 78.9 Å². The summed E-state index contributed by atoms with van der Waals surface area (Å²) in [4.78, 5) is 16.7. The van der Waals surface area contributed by atoms with Gasteiger partial charge in [-0.05, 0) is 58.3 Å². The Morgan fingerprint density at radius 2 is 1.72 bits per heavy atom. The predicted octanol–water partition coefficient (Wildman–Crippen LogP) is 5.72. The molecular formula is C25H16F3N3O. The van der Waals surface area contributed by atoms with Crippen molar-refractivity contribution in [1.29, 1.82) is 5.26 Å². The highest BCUT2D eigenvalue weighted by Crippen LogP contribution is 2.33. The highest BCUT2D eigenvalue weighted by Gasteiger charge is 2.30. The summed E-state index contributed by atoms with van der Waals surface area (Å²) in [5.74, 6) is -0.295. The van der Waals surface area contributed by atoms with Crippen LogP contribution < -0.4 is 5.32 Å². The van der Waals surface area contributed by atoms with Crippen LogP contribution in [0, 0.1) is 11.3 Å². The van der Waals surface area contributed by atoms with Crippen LogP contribution >= 0.6 is 0 Å². The number of nitrogens with one attached hydrogen (secondary N) is 1. The molecule has 4 nitrogen and oxygen atoms in total. The van der Waals surface area contributed by atoms with Crippen molar-refractivity contribution in [3.05, 3.63) is 101 Å². The highest BCUT2D eigenvalue weighted by molar-refractivity contribution is 6.02. The summed E-state index contributed by atoms with van der Waals surface area (Å²) < 4.78 is 38.5. The van der Waals surface area contributed by atoms with E-state index in [1.807, 2.05) is 18.2 Å². The largest absolute Gasteiger partial charge is 0.416 e.